The largest absolute Gasteiger partial charge is 0.481 e. The molecule has 21 heavy (non-hydrogen) atoms. The molecule has 0 aliphatic carbocycles. The zero-order chi connectivity index (χ0) is 15.8. The first-order valence-corrected chi connectivity index (χ1v) is 7.77. The molecule has 0 aromatic carbocycles. The fourth-order valence-electron chi connectivity index (χ4n) is 2.61. The highest BCUT2D eigenvalue weighted by Gasteiger charge is 2.31. The minimum absolute atomic E-state index is 0.0323. The Kier molecular flexibility index (Phi) is 7.19. The second-order valence-corrected chi connectivity index (χ2v) is 5.69. The first-order valence-electron chi connectivity index (χ1n) is 7.77. The van der Waals surface area contributed by atoms with Crippen molar-refractivity contribution in [1.82, 2.24) is 10.2 Å². The quantitative estimate of drug-likeness (QED) is 0.746. The number of rotatable bonds is 7. The van der Waals surface area contributed by atoms with Gasteiger partial charge in [0.15, 0.2) is 0 Å². The molecule has 1 rings (SSSR count). The van der Waals surface area contributed by atoms with Gasteiger partial charge in [0.1, 0.15) is 6.04 Å². The summed E-state index contributed by atoms with van der Waals surface area (Å²) in [6, 6.07) is -0.594. The number of carboxylic acids is 1. The average molecular weight is 298 g/mol. The molecule has 1 aliphatic rings. The van der Waals surface area contributed by atoms with E-state index in [1.165, 1.54) is 0 Å². The molecule has 6 heteroatoms. The van der Waals surface area contributed by atoms with E-state index in [0.717, 1.165) is 19.3 Å². The van der Waals surface area contributed by atoms with Crippen molar-refractivity contribution in [3.8, 4) is 0 Å². The molecule has 0 bridgehead atoms. The monoisotopic (exact) mass is 298 g/mol. The maximum atomic E-state index is 12.3. The predicted octanol–water partition coefficient (Wildman–Crippen LogP) is 1.54. The number of carbonyl (C=O) groups is 3. The number of amides is 2. The van der Waals surface area contributed by atoms with Gasteiger partial charge >= 0.3 is 5.97 Å². The van der Waals surface area contributed by atoms with Crippen LogP contribution in [0.15, 0.2) is 0 Å². The van der Waals surface area contributed by atoms with Crippen LogP contribution in [-0.2, 0) is 14.4 Å². The molecule has 120 valence electrons. The fourth-order valence-corrected chi connectivity index (χ4v) is 2.61. The summed E-state index contributed by atoms with van der Waals surface area (Å²) in [5.74, 6) is -0.985. The normalized spacial score (nSPS) is 19.9. The Bertz CT molecular complexity index is 384. The zero-order valence-electron chi connectivity index (χ0n) is 12.9. The molecule has 0 spiro atoms. The van der Waals surface area contributed by atoms with Crippen LogP contribution in [-0.4, -0.2) is 46.4 Å². The zero-order valence-corrected chi connectivity index (χ0v) is 12.9. The lowest BCUT2D eigenvalue weighted by atomic mass is 10.00. The van der Waals surface area contributed by atoms with Gasteiger partial charge in [0.25, 0.3) is 0 Å². The van der Waals surface area contributed by atoms with Gasteiger partial charge in [-0.15, -0.1) is 0 Å². The van der Waals surface area contributed by atoms with Crippen LogP contribution < -0.4 is 5.32 Å². The van der Waals surface area contributed by atoms with Gasteiger partial charge in [-0.2, -0.15) is 0 Å². The predicted molar refractivity (Wildman–Crippen MR) is 78.7 cm³/mol. The topological polar surface area (TPSA) is 86.7 Å². The maximum absolute atomic E-state index is 12.3. The molecule has 1 aliphatic heterocycles. The maximum Gasteiger partial charge on any atom is 0.303 e. The summed E-state index contributed by atoms with van der Waals surface area (Å²) in [5, 5.41) is 11.5. The Balaban J connectivity index is 2.56. The molecule has 0 aromatic rings. The number of hydrogen-bond donors (Lipinski definition) is 2. The summed E-state index contributed by atoms with van der Waals surface area (Å²) in [6.45, 7) is 4.38. The SMILES string of the molecule is CCCC(=O)N1CCCCC1C(=O)NC(C)CCC(=O)O. The number of aliphatic carboxylic acids is 1. The van der Waals surface area contributed by atoms with Crippen molar-refractivity contribution in [2.45, 2.75) is 70.9 Å². The van der Waals surface area contributed by atoms with Crippen LogP contribution in [0.2, 0.25) is 0 Å². The van der Waals surface area contributed by atoms with Crippen LogP contribution >= 0.6 is 0 Å². The fraction of sp³-hybridized carbons (Fsp3) is 0.800. The summed E-state index contributed by atoms with van der Waals surface area (Å²) in [5.41, 5.74) is 0. The average Bonchev–Trinajstić information content (AvgIpc) is 2.45. The Morgan fingerprint density at radius 1 is 1.29 bits per heavy atom. The number of carbonyl (C=O) groups excluding carboxylic acids is 2. The van der Waals surface area contributed by atoms with Crippen molar-refractivity contribution in [2.24, 2.45) is 0 Å². The summed E-state index contributed by atoms with van der Waals surface area (Å²) in [7, 11) is 0. The molecular formula is C15H26N2O4. The highest BCUT2D eigenvalue weighted by atomic mass is 16.4. The molecule has 0 aromatic heterocycles. The summed E-state index contributed by atoms with van der Waals surface area (Å²) >= 11 is 0. The second kappa shape index (κ2) is 8.64. The number of carboxylic acid groups (broad SMARTS) is 1. The van der Waals surface area contributed by atoms with E-state index < -0.39 is 12.0 Å². The standard InChI is InChI=1S/C15H26N2O4/c1-3-6-13(18)17-10-5-4-7-12(17)15(21)16-11(2)8-9-14(19)20/h11-12H,3-10H2,1-2H3,(H,16,21)(H,19,20). The first-order chi connectivity index (χ1) is 9.95. The van der Waals surface area contributed by atoms with Crippen molar-refractivity contribution in [2.75, 3.05) is 6.54 Å². The number of piperidine rings is 1. The molecule has 2 amide bonds. The van der Waals surface area contributed by atoms with E-state index in [1.807, 2.05) is 6.92 Å². The first kappa shape index (κ1) is 17.5. The highest BCUT2D eigenvalue weighted by molar-refractivity contribution is 5.88. The van der Waals surface area contributed by atoms with E-state index in [0.29, 0.717) is 25.8 Å². The van der Waals surface area contributed by atoms with Gasteiger partial charge in [0.2, 0.25) is 11.8 Å². The Morgan fingerprint density at radius 3 is 2.62 bits per heavy atom. The van der Waals surface area contributed by atoms with Crippen LogP contribution in [0.4, 0.5) is 0 Å². The van der Waals surface area contributed by atoms with Gasteiger partial charge in [-0.25, -0.2) is 0 Å². The van der Waals surface area contributed by atoms with Crippen molar-refractivity contribution in [3.63, 3.8) is 0 Å². The van der Waals surface area contributed by atoms with Gasteiger partial charge in [-0.1, -0.05) is 6.92 Å². The minimum Gasteiger partial charge on any atom is -0.481 e. The van der Waals surface area contributed by atoms with Crippen LogP contribution in [0.25, 0.3) is 0 Å². The van der Waals surface area contributed by atoms with E-state index >= 15 is 0 Å². The van der Waals surface area contributed by atoms with E-state index in [9.17, 15) is 14.4 Å². The van der Waals surface area contributed by atoms with Gasteiger partial charge in [0, 0.05) is 25.4 Å². The third kappa shape index (κ3) is 5.73. The molecule has 2 unspecified atom stereocenters. The van der Waals surface area contributed by atoms with Gasteiger partial charge < -0.3 is 15.3 Å². The smallest absolute Gasteiger partial charge is 0.303 e. The molecular weight excluding hydrogens is 272 g/mol. The van der Waals surface area contributed by atoms with Crippen LogP contribution in [0.5, 0.6) is 0 Å². The lowest BCUT2D eigenvalue weighted by Crippen LogP contribution is -2.53. The molecule has 1 fully saturated rings. The van der Waals surface area contributed by atoms with Gasteiger partial charge in [-0.05, 0) is 39.0 Å². The third-order valence-corrected chi connectivity index (χ3v) is 3.77. The number of nitrogens with one attached hydrogen (secondary N) is 1. The van der Waals surface area contributed by atoms with Crippen LogP contribution in [0.1, 0.15) is 58.8 Å². The van der Waals surface area contributed by atoms with Crippen molar-refractivity contribution in [3.05, 3.63) is 0 Å². The molecule has 6 nitrogen and oxygen atoms in total. The Hall–Kier alpha value is -1.59. The highest BCUT2D eigenvalue weighted by Crippen LogP contribution is 2.19. The van der Waals surface area contributed by atoms with Crippen LogP contribution in [0.3, 0.4) is 0 Å². The van der Waals surface area contributed by atoms with Crippen molar-refractivity contribution >= 4 is 17.8 Å². The van der Waals surface area contributed by atoms with Gasteiger partial charge in [-0.3, -0.25) is 14.4 Å². The van der Waals surface area contributed by atoms with E-state index in [1.54, 1.807) is 11.8 Å². The van der Waals surface area contributed by atoms with E-state index in [4.69, 9.17) is 5.11 Å². The van der Waals surface area contributed by atoms with E-state index in [-0.39, 0.29) is 24.3 Å². The lowest BCUT2D eigenvalue weighted by molar-refractivity contribution is -0.142. The molecule has 2 atom stereocenters. The Labute approximate surface area is 125 Å². The third-order valence-electron chi connectivity index (χ3n) is 3.77. The summed E-state index contributed by atoms with van der Waals surface area (Å²) < 4.78 is 0. The number of nitrogens with zero attached hydrogens (tertiary/aromatic N) is 1. The molecule has 0 radical (unpaired) electrons. The van der Waals surface area contributed by atoms with Crippen molar-refractivity contribution < 1.29 is 19.5 Å². The minimum atomic E-state index is -0.867. The molecule has 2 N–H and O–H groups in total. The lowest BCUT2D eigenvalue weighted by Gasteiger charge is -2.35. The van der Waals surface area contributed by atoms with Crippen LogP contribution in [0, 0.1) is 0 Å². The van der Waals surface area contributed by atoms with E-state index in [2.05, 4.69) is 5.32 Å². The molecule has 0 saturated carbocycles. The summed E-state index contributed by atoms with van der Waals surface area (Å²) in [4.78, 5) is 36.6. The summed E-state index contributed by atoms with van der Waals surface area (Å²) in [6.07, 6.45) is 4.25. The van der Waals surface area contributed by atoms with Gasteiger partial charge in [0.05, 0.1) is 0 Å². The second-order valence-electron chi connectivity index (χ2n) is 5.69. The molecule has 1 heterocycles. The number of hydrogen-bond acceptors (Lipinski definition) is 3. The Morgan fingerprint density at radius 2 is 2.00 bits per heavy atom. The molecule has 1 saturated heterocycles. The van der Waals surface area contributed by atoms with Crippen molar-refractivity contribution in [1.29, 1.82) is 0 Å². The number of likely N-dealkylation sites (tertiary alicyclic amines) is 1.